The van der Waals surface area contributed by atoms with E-state index in [4.69, 9.17) is 14.9 Å². The Bertz CT molecular complexity index is 965. The highest BCUT2D eigenvalue weighted by molar-refractivity contribution is 5.58. The van der Waals surface area contributed by atoms with Gasteiger partial charge in [-0.3, -0.25) is 0 Å². The van der Waals surface area contributed by atoms with Crippen molar-refractivity contribution in [3.63, 3.8) is 0 Å². The maximum absolute atomic E-state index is 9.79. The number of benzene rings is 1. The van der Waals surface area contributed by atoms with Crippen molar-refractivity contribution in [1.82, 2.24) is 15.1 Å². The van der Waals surface area contributed by atoms with Crippen molar-refractivity contribution in [2.24, 2.45) is 5.73 Å². The highest BCUT2D eigenvalue weighted by Crippen LogP contribution is 2.43. The molecule has 1 aliphatic rings. The second-order valence-electron chi connectivity index (χ2n) is 6.48. The molecule has 1 aliphatic heterocycles. The van der Waals surface area contributed by atoms with Crippen LogP contribution in [0.3, 0.4) is 0 Å². The summed E-state index contributed by atoms with van der Waals surface area (Å²) in [4.78, 5) is 1.97. The molecule has 0 spiro atoms. The summed E-state index contributed by atoms with van der Waals surface area (Å²) in [6, 6.07) is 9.88. The third-order valence-electron chi connectivity index (χ3n) is 4.88. The van der Waals surface area contributed by atoms with E-state index in [0.717, 1.165) is 35.2 Å². The van der Waals surface area contributed by atoms with Crippen molar-refractivity contribution in [3.8, 4) is 17.5 Å². The normalized spacial score (nSPS) is 16.6. The molecule has 0 saturated carbocycles. The summed E-state index contributed by atoms with van der Waals surface area (Å²) in [5.41, 5.74) is 10.00. The van der Waals surface area contributed by atoms with Crippen LogP contribution in [-0.2, 0) is 4.74 Å². The van der Waals surface area contributed by atoms with Gasteiger partial charge in [0.15, 0.2) is 0 Å². The first-order valence-electron chi connectivity index (χ1n) is 9.09. The monoisotopic (exact) mass is 377 g/mol. The quantitative estimate of drug-likeness (QED) is 0.819. The van der Waals surface area contributed by atoms with Crippen molar-refractivity contribution in [2.45, 2.75) is 26.2 Å². The SMILES string of the molecule is C=C(CC)C1=C(N(C)CC)OC(N)=C(C#N)C1c1ccc(-c2nnco2)cc1. The number of nitriles is 1. The fourth-order valence-electron chi connectivity index (χ4n) is 3.17. The van der Waals surface area contributed by atoms with Crippen LogP contribution >= 0.6 is 0 Å². The number of hydrogen-bond acceptors (Lipinski definition) is 7. The van der Waals surface area contributed by atoms with Crippen LogP contribution in [0.1, 0.15) is 31.7 Å². The number of aromatic nitrogens is 2. The summed E-state index contributed by atoms with van der Waals surface area (Å²) in [5, 5.41) is 17.4. The Morgan fingerprint density at radius 2 is 2.04 bits per heavy atom. The van der Waals surface area contributed by atoms with Gasteiger partial charge in [-0.2, -0.15) is 5.26 Å². The maximum atomic E-state index is 9.79. The summed E-state index contributed by atoms with van der Waals surface area (Å²) < 4.78 is 11.1. The van der Waals surface area contributed by atoms with Crippen molar-refractivity contribution >= 4 is 0 Å². The Morgan fingerprint density at radius 3 is 2.57 bits per heavy atom. The molecule has 7 nitrogen and oxygen atoms in total. The Hall–Kier alpha value is -3.53. The van der Waals surface area contributed by atoms with E-state index < -0.39 is 0 Å². The minimum absolute atomic E-state index is 0.122. The molecule has 144 valence electrons. The molecule has 0 bridgehead atoms. The summed E-state index contributed by atoms with van der Waals surface area (Å²) in [6.07, 6.45) is 2.02. The van der Waals surface area contributed by atoms with Gasteiger partial charge in [0.2, 0.25) is 24.1 Å². The molecule has 0 saturated heterocycles. The first kappa shape index (κ1) is 19.2. The predicted octanol–water partition coefficient (Wildman–Crippen LogP) is 3.67. The Morgan fingerprint density at radius 1 is 1.32 bits per heavy atom. The molecule has 0 radical (unpaired) electrons. The molecule has 1 aromatic heterocycles. The molecule has 0 aliphatic carbocycles. The second kappa shape index (κ2) is 8.01. The number of nitrogens with zero attached hydrogens (tertiary/aromatic N) is 4. The van der Waals surface area contributed by atoms with Gasteiger partial charge >= 0.3 is 0 Å². The third kappa shape index (κ3) is 3.37. The van der Waals surface area contributed by atoms with Gasteiger partial charge in [-0.05, 0) is 36.6 Å². The van der Waals surface area contributed by atoms with Gasteiger partial charge in [0.05, 0.1) is 5.92 Å². The number of ether oxygens (including phenoxy) is 1. The fourth-order valence-corrected chi connectivity index (χ4v) is 3.17. The molecule has 1 aromatic carbocycles. The number of rotatable bonds is 6. The average Bonchev–Trinajstić information content (AvgIpc) is 3.26. The van der Waals surface area contributed by atoms with Gasteiger partial charge in [-0.15, -0.1) is 10.2 Å². The zero-order valence-electron chi connectivity index (χ0n) is 16.3. The van der Waals surface area contributed by atoms with E-state index in [0.29, 0.717) is 17.3 Å². The lowest BCUT2D eigenvalue weighted by Crippen LogP contribution is -2.29. The summed E-state index contributed by atoms with van der Waals surface area (Å²) in [5.74, 6) is 0.842. The van der Waals surface area contributed by atoms with Crippen LogP contribution in [0, 0.1) is 11.3 Å². The van der Waals surface area contributed by atoms with E-state index >= 15 is 0 Å². The number of allylic oxidation sites excluding steroid dienone is 3. The number of hydrogen-bond donors (Lipinski definition) is 1. The minimum atomic E-state index is -0.355. The highest BCUT2D eigenvalue weighted by Gasteiger charge is 2.35. The van der Waals surface area contributed by atoms with Gasteiger partial charge in [0.25, 0.3) is 0 Å². The molecule has 28 heavy (non-hydrogen) atoms. The number of nitrogens with two attached hydrogens (primary N) is 1. The first-order valence-corrected chi connectivity index (χ1v) is 9.09. The van der Waals surface area contributed by atoms with E-state index in [2.05, 4.69) is 22.8 Å². The molecule has 2 heterocycles. The molecular weight excluding hydrogens is 354 g/mol. The fraction of sp³-hybridized carbons (Fsp3) is 0.286. The molecular formula is C21H23N5O2. The van der Waals surface area contributed by atoms with Crippen molar-refractivity contribution in [2.75, 3.05) is 13.6 Å². The third-order valence-corrected chi connectivity index (χ3v) is 4.88. The zero-order chi connectivity index (χ0) is 20.3. The van der Waals surface area contributed by atoms with E-state index in [1.54, 1.807) is 0 Å². The van der Waals surface area contributed by atoms with Gasteiger partial charge in [-0.1, -0.05) is 25.6 Å². The van der Waals surface area contributed by atoms with Crippen molar-refractivity contribution in [1.29, 1.82) is 5.26 Å². The molecule has 2 N–H and O–H groups in total. The summed E-state index contributed by atoms with van der Waals surface area (Å²) in [7, 11) is 1.93. The average molecular weight is 377 g/mol. The summed E-state index contributed by atoms with van der Waals surface area (Å²) >= 11 is 0. The van der Waals surface area contributed by atoms with Crippen molar-refractivity contribution < 1.29 is 9.15 Å². The minimum Gasteiger partial charge on any atom is -0.424 e. The lowest BCUT2D eigenvalue weighted by atomic mass is 9.80. The van der Waals surface area contributed by atoms with Crippen LogP contribution in [-0.4, -0.2) is 28.7 Å². The molecule has 3 rings (SSSR count). The molecule has 2 aromatic rings. The van der Waals surface area contributed by atoms with Crippen LogP contribution in [0.25, 0.3) is 11.5 Å². The van der Waals surface area contributed by atoms with Crippen LogP contribution in [0.15, 0.2) is 70.1 Å². The van der Waals surface area contributed by atoms with Crippen molar-refractivity contribution in [3.05, 3.63) is 71.3 Å². The lowest BCUT2D eigenvalue weighted by molar-refractivity contribution is 0.171. The molecule has 7 heteroatoms. The molecule has 0 fully saturated rings. The van der Waals surface area contributed by atoms with Gasteiger partial charge in [0.1, 0.15) is 11.6 Å². The largest absolute Gasteiger partial charge is 0.424 e. The van der Waals surface area contributed by atoms with E-state index in [1.807, 2.05) is 50.1 Å². The predicted molar refractivity (Wildman–Crippen MR) is 105 cm³/mol. The van der Waals surface area contributed by atoms with E-state index in [9.17, 15) is 5.26 Å². The maximum Gasteiger partial charge on any atom is 0.247 e. The Labute approximate surface area is 164 Å². The van der Waals surface area contributed by atoms with Gasteiger partial charge in [-0.25, -0.2) is 0 Å². The van der Waals surface area contributed by atoms with Crippen LogP contribution in [0.4, 0.5) is 0 Å². The Kier molecular flexibility index (Phi) is 5.50. The Balaban J connectivity index is 2.14. The summed E-state index contributed by atoms with van der Waals surface area (Å²) in [6.45, 7) is 9.01. The van der Waals surface area contributed by atoms with E-state index in [-0.39, 0.29) is 11.8 Å². The molecule has 0 amide bonds. The highest BCUT2D eigenvalue weighted by atomic mass is 16.5. The standard InChI is InChI=1S/C21H23N5O2/c1-5-13(3)17-18(16(11-22)19(23)28-21(17)26(4)6-2)14-7-9-15(10-8-14)20-25-24-12-27-20/h7-10,12,18H,3,5-6,23H2,1-2,4H3. The van der Waals surface area contributed by atoms with E-state index in [1.165, 1.54) is 6.39 Å². The van der Waals surface area contributed by atoms with Gasteiger partial charge < -0.3 is 19.8 Å². The van der Waals surface area contributed by atoms with Crippen LogP contribution in [0.2, 0.25) is 0 Å². The molecule has 1 atom stereocenters. The second-order valence-corrected chi connectivity index (χ2v) is 6.48. The zero-order valence-corrected chi connectivity index (χ0v) is 16.3. The topological polar surface area (TPSA) is 101 Å². The van der Waals surface area contributed by atoms with Crippen LogP contribution < -0.4 is 5.73 Å². The lowest BCUT2D eigenvalue weighted by Gasteiger charge is -2.33. The smallest absolute Gasteiger partial charge is 0.247 e. The van der Waals surface area contributed by atoms with Gasteiger partial charge in [0, 0.05) is 24.7 Å². The molecule has 1 unspecified atom stereocenters. The van der Waals surface area contributed by atoms with Crippen LogP contribution in [0.5, 0.6) is 0 Å². The first-order chi connectivity index (χ1) is 13.5.